The maximum atomic E-state index is 11.9. The van der Waals surface area contributed by atoms with Gasteiger partial charge < -0.3 is 10.6 Å². The molecule has 19 heavy (non-hydrogen) atoms. The van der Waals surface area contributed by atoms with Crippen LogP contribution in [0.15, 0.2) is 48.7 Å². The second kappa shape index (κ2) is 6.00. The summed E-state index contributed by atoms with van der Waals surface area (Å²) in [6.45, 7) is 3.89. The van der Waals surface area contributed by atoms with Crippen LogP contribution < -0.4 is 10.6 Å². The van der Waals surface area contributed by atoms with E-state index in [1.165, 1.54) is 0 Å². The van der Waals surface area contributed by atoms with E-state index in [9.17, 15) is 4.79 Å². The van der Waals surface area contributed by atoms with Gasteiger partial charge in [0.2, 0.25) is 0 Å². The zero-order valence-corrected chi connectivity index (χ0v) is 11.1. The van der Waals surface area contributed by atoms with Crippen LogP contribution >= 0.6 is 0 Å². The molecule has 4 heteroatoms. The molecule has 0 aliphatic heterocycles. The van der Waals surface area contributed by atoms with Crippen LogP contribution in [0.25, 0.3) is 0 Å². The molecule has 0 spiro atoms. The molecule has 2 aromatic rings. The number of anilines is 1. The van der Waals surface area contributed by atoms with Crippen LogP contribution in [0, 0.1) is 6.92 Å². The molecule has 2 N–H and O–H groups in total. The number of hydrogen-bond donors (Lipinski definition) is 2. The molecule has 0 aliphatic carbocycles. The Balaban J connectivity index is 1.95. The minimum atomic E-state index is -0.233. The molecule has 98 valence electrons. The lowest BCUT2D eigenvalue weighted by Crippen LogP contribution is -2.31. The highest BCUT2D eigenvalue weighted by Gasteiger charge is 2.10. The second-order valence-corrected chi connectivity index (χ2v) is 4.44. The summed E-state index contributed by atoms with van der Waals surface area (Å²) >= 11 is 0. The standard InChI is InChI=1S/C15H17N3O/c1-11-6-5-7-13(10-11)18-15(19)17-12(2)14-8-3-4-9-16-14/h3-10,12H,1-2H3,(H2,17,18,19). The molecule has 0 radical (unpaired) electrons. The minimum absolute atomic E-state index is 0.133. The Bertz CT molecular complexity index is 554. The largest absolute Gasteiger partial charge is 0.330 e. The smallest absolute Gasteiger partial charge is 0.319 e. The van der Waals surface area contributed by atoms with E-state index in [0.717, 1.165) is 16.9 Å². The molecule has 0 saturated carbocycles. The van der Waals surface area contributed by atoms with E-state index in [1.54, 1.807) is 6.20 Å². The fourth-order valence-electron chi connectivity index (χ4n) is 1.79. The number of benzene rings is 1. The van der Waals surface area contributed by atoms with Gasteiger partial charge >= 0.3 is 6.03 Å². The predicted octanol–water partition coefficient (Wildman–Crippen LogP) is 3.27. The van der Waals surface area contributed by atoms with Crippen molar-refractivity contribution >= 4 is 11.7 Å². The van der Waals surface area contributed by atoms with E-state index >= 15 is 0 Å². The summed E-state index contributed by atoms with van der Waals surface area (Å²) in [5, 5.41) is 5.66. The maximum absolute atomic E-state index is 11.9. The molecule has 0 fully saturated rings. The molecule has 1 aromatic carbocycles. The van der Waals surface area contributed by atoms with Gasteiger partial charge in [0.15, 0.2) is 0 Å². The third-order valence-corrected chi connectivity index (χ3v) is 2.75. The van der Waals surface area contributed by atoms with Gasteiger partial charge in [-0.2, -0.15) is 0 Å². The van der Waals surface area contributed by atoms with Crippen molar-refractivity contribution in [2.75, 3.05) is 5.32 Å². The van der Waals surface area contributed by atoms with Crippen LogP contribution in [0.5, 0.6) is 0 Å². The summed E-state index contributed by atoms with van der Waals surface area (Å²) in [4.78, 5) is 16.1. The molecule has 0 aliphatic rings. The second-order valence-electron chi connectivity index (χ2n) is 4.44. The highest BCUT2D eigenvalue weighted by Crippen LogP contribution is 2.11. The fraction of sp³-hybridized carbons (Fsp3) is 0.200. The van der Waals surface area contributed by atoms with Gasteiger partial charge in [-0.3, -0.25) is 4.98 Å². The molecule has 1 aromatic heterocycles. The monoisotopic (exact) mass is 255 g/mol. The van der Waals surface area contributed by atoms with Crippen molar-refractivity contribution in [1.29, 1.82) is 0 Å². The Morgan fingerprint density at radius 3 is 2.74 bits per heavy atom. The Morgan fingerprint density at radius 2 is 2.05 bits per heavy atom. The van der Waals surface area contributed by atoms with E-state index < -0.39 is 0 Å². The molecule has 1 unspecified atom stereocenters. The zero-order valence-electron chi connectivity index (χ0n) is 11.1. The van der Waals surface area contributed by atoms with Gasteiger partial charge in [0.25, 0.3) is 0 Å². The maximum Gasteiger partial charge on any atom is 0.319 e. The Kier molecular flexibility index (Phi) is 4.13. The lowest BCUT2D eigenvalue weighted by atomic mass is 10.2. The Labute approximate surface area is 112 Å². The van der Waals surface area contributed by atoms with Gasteiger partial charge in [0.05, 0.1) is 11.7 Å². The average Bonchev–Trinajstić information content (AvgIpc) is 2.39. The number of hydrogen-bond acceptors (Lipinski definition) is 2. The summed E-state index contributed by atoms with van der Waals surface area (Å²) in [7, 11) is 0. The van der Waals surface area contributed by atoms with Crippen molar-refractivity contribution in [2.45, 2.75) is 19.9 Å². The van der Waals surface area contributed by atoms with Crippen LogP contribution in [0.4, 0.5) is 10.5 Å². The molecular weight excluding hydrogens is 238 g/mol. The van der Waals surface area contributed by atoms with Gasteiger partial charge in [-0.1, -0.05) is 18.2 Å². The zero-order chi connectivity index (χ0) is 13.7. The van der Waals surface area contributed by atoms with Gasteiger partial charge in [-0.15, -0.1) is 0 Å². The molecule has 2 rings (SSSR count). The summed E-state index contributed by atoms with van der Waals surface area (Å²) in [6, 6.07) is 12.9. The minimum Gasteiger partial charge on any atom is -0.330 e. The molecular formula is C15H17N3O. The highest BCUT2D eigenvalue weighted by atomic mass is 16.2. The molecule has 1 atom stereocenters. The van der Waals surface area contributed by atoms with Crippen molar-refractivity contribution in [1.82, 2.24) is 10.3 Å². The number of pyridine rings is 1. The number of rotatable bonds is 3. The number of carbonyl (C=O) groups is 1. The van der Waals surface area contributed by atoms with E-state index in [1.807, 2.05) is 56.3 Å². The van der Waals surface area contributed by atoms with Gasteiger partial charge in [0.1, 0.15) is 0 Å². The molecule has 0 saturated heterocycles. The van der Waals surface area contributed by atoms with Gasteiger partial charge in [0, 0.05) is 11.9 Å². The van der Waals surface area contributed by atoms with Crippen molar-refractivity contribution in [3.05, 3.63) is 59.9 Å². The summed E-state index contributed by atoms with van der Waals surface area (Å²) < 4.78 is 0. The third kappa shape index (κ3) is 3.81. The topological polar surface area (TPSA) is 54.0 Å². The number of carbonyl (C=O) groups excluding carboxylic acids is 1. The molecule has 2 amide bonds. The average molecular weight is 255 g/mol. The lowest BCUT2D eigenvalue weighted by molar-refractivity contribution is 0.249. The number of aryl methyl sites for hydroxylation is 1. The first-order chi connectivity index (χ1) is 9.15. The quantitative estimate of drug-likeness (QED) is 0.884. The lowest BCUT2D eigenvalue weighted by Gasteiger charge is -2.14. The van der Waals surface area contributed by atoms with Crippen molar-refractivity contribution in [2.24, 2.45) is 0 Å². The normalized spacial score (nSPS) is 11.7. The van der Waals surface area contributed by atoms with Crippen LogP contribution in [-0.2, 0) is 0 Å². The molecule has 4 nitrogen and oxygen atoms in total. The summed E-state index contributed by atoms with van der Waals surface area (Å²) in [5.41, 5.74) is 2.73. The third-order valence-electron chi connectivity index (χ3n) is 2.75. The van der Waals surface area contributed by atoms with Gasteiger partial charge in [-0.25, -0.2) is 4.79 Å². The molecule has 0 bridgehead atoms. The van der Waals surface area contributed by atoms with Crippen LogP contribution in [0.3, 0.4) is 0 Å². The predicted molar refractivity (Wildman–Crippen MR) is 76.0 cm³/mol. The number of aromatic nitrogens is 1. The number of urea groups is 1. The summed E-state index contributed by atoms with van der Waals surface area (Å²) in [5.74, 6) is 0. The fourth-order valence-corrected chi connectivity index (χ4v) is 1.79. The van der Waals surface area contributed by atoms with Crippen LogP contribution in [0.2, 0.25) is 0 Å². The first kappa shape index (κ1) is 13.1. The Hall–Kier alpha value is -2.36. The van der Waals surface area contributed by atoms with E-state index in [2.05, 4.69) is 15.6 Å². The van der Waals surface area contributed by atoms with Crippen molar-refractivity contribution in [3.8, 4) is 0 Å². The van der Waals surface area contributed by atoms with Gasteiger partial charge in [-0.05, 0) is 43.7 Å². The van der Waals surface area contributed by atoms with Crippen molar-refractivity contribution < 1.29 is 4.79 Å². The van der Waals surface area contributed by atoms with E-state index in [-0.39, 0.29) is 12.1 Å². The van der Waals surface area contributed by atoms with E-state index in [0.29, 0.717) is 0 Å². The van der Waals surface area contributed by atoms with Crippen LogP contribution in [-0.4, -0.2) is 11.0 Å². The van der Waals surface area contributed by atoms with Crippen LogP contribution in [0.1, 0.15) is 24.2 Å². The van der Waals surface area contributed by atoms with Crippen molar-refractivity contribution in [3.63, 3.8) is 0 Å². The molecule has 1 heterocycles. The first-order valence-corrected chi connectivity index (χ1v) is 6.20. The first-order valence-electron chi connectivity index (χ1n) is 6.20. The highest BCUT2D eigenvalue weighted by molar-refractivity contribution is 5.89. The summed E-state index contributed by atoms with van der Waals surface area (Å²) in [6.07, 6.45) is 1.71. The Morgan fingerprint density at radius 1 is 1.21 bits per heavy atom. The van der Waals surface area contributed by atoms with E-state index in [4.69, 9.17) is 0 Å². The SMILES string of the molecule is Cc1cccc(NC(=O)NC(C)c2ccccn2)c1. The number of amides is 2. The number of nitrogens with zero attached hydrogens (tertiary/aromatic N) is 1. The number of nitrogens with one attached hydrogen (secondary N) is 2.